The molecule has 144 valence electrons. The molecule has 0 heterocycles. The van der Waals surface area contributed by atoms with Gasteiger partial charge in [0.05, 0.1) is 6.61 Å². The van der Waals surface area contributed by atoms with E-state index < -0.39 is 0 Å². The summed E-state index contributed by atoms with van der Waals surface area (Å²) in [6, 6.07) is 0. The van der Waals surface area contributed by atoms with Crippen LogP contribution in [-0.4, -0.2) is 75.7 Å². The lowest BCUT2D eigenvalue weighted by molar-refractivity contribution is -0.127. The summed E-state index contributed by atoms with van der Waals surface area (Å²) in [7, 11) is 5.55. The zero-order chi connectivity index (χ0) is 18.1. The molecule has 0 unspecified atom stereocenters. The highest BCUT2D eigenvalue weighted by Gasteiger charge is 2.21. The molecular formula is C19H36N4O2. The minimum Gasteiger partial charge on any atom is -0.379 e. The van der Waals surface area contributed by atoms with Crippen LogP contribution in [0.5, 0.6) is 0 Å². The average Bonchev–Trinajstić information content (AvgIpc) is 3.43. The van der Waals surface area contributed by atoms with E-state index in [0.29, 0.717) is 6.61 Å². The average molecular weight is 353 g/mol. The van der Waals surface area contributed by atoms with Crippen molar-refractivity contribution in [1.29, 1.82) is 0 Å². The molecule has 6 nitrogen and oxygen atoms in total. The first-order valence-corrected chi connectivity index (χ1v) is 9.83. The van der Waals surface area contributed by atoms with Crippen LogP contribution >= 0.6 is 0 Å². The van der Waals surface area contributed by atoms with Crippen molar-refractivity contribution in [1.82, 2.24) is 15.1 Å². The molecule has 1 amide bonds. The van der Waals surface area contributed by atoms with Crippen LogP contribution in [0.1, 0.15) is 44.9 Å². The van der Waals surface area contributed by atoms with E-state index in [9.17, 15) is 4.79 Å². The number of guanidine groups is 1. The Morgan fingerprint density at radius 3 is 2.44 bits per heavy atom. The number of ether oxygens (including phenoxy) is 1. The van der Waals surface area contributed by atoms with Gasteiger partial charge in [0.1, 0.15) is 6.54 Å². The molecule has 0 radical (unpaired) electrons. The van der Waals surface area contributed by atoms with Gasteiger partial charge >= 0.3 is 0 Å². The van der Waals surface area contributed by atoms with Crippen LogP contribution < -0.4 is 5.32 Å². The van der Waals surface area contributed by atoms with Gasteiger partial charge < -0.3 is 19.9 Å². The fourth-order valence-corrected chi connectivity index (χ4v) is 3.06. The molecule has 2 aliphatic carbocycles. The van der Waals surface area contributed by atoms with Gasteiger partial charge in [-0.25, -0.2) is 4.99 Å². The summed E-state index contributed by atoms with van der Waals surface area (Å²) in [4.78, 5) is 20.1. The zero-order valence-electron chi connectivity index (χ0n) is 16.3. The van der Waals surface area contributed by atoms with Crippen molar-refractivity contribution in [3.63, 3.8) is 0 Å². The van der Waals surface area contributed by atoms with E-state index in [-0.39, 0.29) is 12.5 Å². The van der Waals surface area contributed by atoms with Gasteiger partial charge in [0.25, 0.3) is 0 Å². The van der Waals surface area contributed by atoms with Crippen LogP contribution in [0.25, 0.3) is 0 Å². The highest BCUT2D eigenvalue weighted by Crippen LogP contribution is 2.28. The predicted molar refractivity (Wildman–Crippen MR) is 102 cm³/mol. The monoisotopic (exact) mass is 352 g/mol. The first-order chi connectivity index (χ1) is 12.1. The molecule has 2 fully saturated rings. The summed E-state index contributed by atoms with van der Waals surface area (Å²) in [5, 5.41) is 3.50. The fraction of sp³-hybridized carbons (Fsp3) is 0.895. The van der Waals surface area contributed by atoms with Crippen molar-refractivity contribution >= 4 is 11.9 Å². The minimum absolute atomic E-state index is 0.0235. The number of aliphatic imine (C=N–C) groups is 1. The smallest absolute Gasteiger partial charge is 0.243 e. The summed E-state index contributed by atoms with van der Waals surface area (Å²) in [5.41, 5.74) is 0. The number of hydrogen-bond donors (Lipinski definition) is 1. The maximum absolute atomic E-state index is 11.9. The Morgan fingerprint density at radius 1 is 1.08 bits per heavy atom. The second-order valence-corrected chi connectivity index (χ2v) is 7.75. The Bertz CT molecular complexity index is 429. The van der Waals surface area contributed by atoms with Crippen LogP contribution in [0, 0.1) is 11.8 Å². The van der Waals surface area contributed by atoms with Crippen LogP contribution in [0.3, 0.4) is 0 Å². The van der Waals surface area contributed by atoms with Gasteiger partial charge in [-0.1, -0.05) is 19.3 Å². The van der Waals surface area contributed by atoms with E-state index in [4.69, 9.17) is 4.74 Å². The Hall–Kier alpha value is -1.30. The molecule has 6 heteroatoms. The van der Waals surface area contributed by atoms with Gasteiger partial charge in [-0.05, 0) is 37.5 Å². The van der Waals surface area contributed by atoms with Crippen LogP contribution in [0.2, 0.25) is 0 Å². The molecule has 0 aromatic rings. The summed E-state index contributed by atoms with van der Waals surface area (Å²) < 4.78 is 5.74. The molecule has 0 aromatic carbocycles. The first kappa shape index (κ1) is 20.0. The third-order valence-electron chi connectivity index (χ3n) is 5.12. The van der Waals surface area contributed by atoms with Gasteiger partial charge in [0.2, 0.25) is 5.91 Å². The molecule has 1 N–H and O–H groups in total. The number of rotatable bonds is 9. The molecule has 0 spiro atoms. The van der Waals surface area contributed by atoms with Gasteiger partial charge in [0.15, 0.2) is 5.96 Å². The van der Waals surface area contributed by atoms with E-state index in [1.54, 1.807) is 19.0 Å². The molecule has 0 saturated heterocycles. The molecule has 0 aromatic heterocycles. The predicted octanol–water partition coefficient (Wildman–Crippen LogP) is 1.96. The second kappa shape index (κ2) is 10.6. The molecule has 0 atom stereocenters. The molecule has 2 saturated carbocycles. The third-order valence-corrected chi connectivity index (χ3v) is 5.12. The normalized spacial score (nSPS) is 18.9. The quantitative estimate of drug-likeness (QED) is 0.391. The van der Waals surface area contributed by atoms with E-state index in [1.807, 2.05) is 7.05 Å². The Labute approximate surface area is 153 Å². The van der Waals surface area contributed by atoms with Crippen molar-refractivity contribution < 1.29 is 9.53 Å². The second-order valence-electron chi connectivity index (χ2n) is 7.75. The van der Waals surface area contributed by atoms with E-state index in [2.05, 4.69) is 15.2 Å². The van der Waals surface area contributed by atoms with Gasteiger partial charge in [0, 0.05) is 40.8 Å². The SMILES string of the molecule is CN(C)C(=O)CN=C(NCC1CCCCC1)N(C)CCOCC1CC1. The van der Waals surface area contributed by atoms with Crippen molar-refractivity contribution in [3.05, 3.63) is 0 Å². The highest BCUT2D eigenvalue weighted by molar-refractivity contribution is 5.84. The summed E-state index contributed by atoms with van der Waals surface area (Å²) in [5.74, 6) is 2.36. The zero-order valence-corrected chi connectivity index (χ0v) is 16.3. The largest absolute Gasteiger partial charge is 0.379 e. The lowest BCUT2D eigenvalue weighted by Crippen LogP contribution is -2.43. The standard InChI is InChI=1S/C19H36N4O2/c1-22(2)18(24)14-21-19(20-13-16-7-5-4-6-8-16)23(3)11-12-25-15-17-9-10-17/h16-17H,4-15H2,1-3H3,(H,20,21). The van der Waals surface area contributed by atoms with Gasteiger partial charge in [-0.3, -0.25) is 4.79 Å². The van der Waals surface area contributed by atoms with Gasteiger partial charge in [-0.2, -0.15) is 0 Å². The van der Waals surface area contributed by atoms with Crippen molar-refractivity contribution in [2.45, 2.75) is 44.9 Å². The highest BCUT2D eigenvalue weighted by atomic mass is 16.5. The van der Waals surface area contributed by atoms with Crippen molar-refractivity contribution in [2.75, 3.05) is 54.0 Å². The third kappa shape index (κ3) is 8.08. The summed E-state index contributed by atoms with van der Waals surface area (Å²) in [6.45, 7) is 3.52. The molecule has 0 bridgehead atoms. The fourth-order valence-electron chi connectivity index (χ4n) is 3.06. The van der Waals surface area contributed by atoms with E-state index in [1.165, 1.54) is 44.9 Å². The Balaban J connectivity index is 1.79. The van der Waals surface area contributed by atoms with Crippen molar-refractivity contribution in [3.8, 4) is 0 Å². The molecule has 0 aliphatic heterocycles. The molecule has 2 aliphatic rings. The van der Waals surface area contributed by atoms with Gasteiger partial charge in [-0.15, -0.1) is 0 Å². The summed E-state index contributed by atoms with van der Waals surface area (Å²) in [6.07, 6.45) is 9.27. The topological polar surface area (TPSA) is 57.2 Å². The number of likely N-dealkylation sites (N-methyl/N-ethyl adjacent to an activating group) is 2. The van der Waals surface area contributed by atoms with E-state index >= 15 is 0 Å². The number of nitrogens with one attached hydrogen (secondary N) is 1. The van der Waals surface area contributed by atoms with Crippen LogP contribution in [0.4, 0.5) is 0 Å². The molecule has 2 rings (SSSR count). The maximum atomic E-state index is 11.9. The number of carbonyl (C=O) groups excluding carboxylic acids is 1. The number of carbonyl (C=O) groups is 1. The number of nitrogens with zero attached hydrogens (tertiary/aromatic N) is 3. The summed E-state index contributed by atoms with van der Waals surface area (Å²) >= 11 is 0. The molecular weight excluding hydrogens is 316 g/mol. The number of hydrogen-bond acceptors (Lipinski definition) is 3. The van der Waals surface area contributed by atoms with Crippen LogP contribution in [-0.2, 0) is 9.53 Å². The lowest BCUT2D eigenvalue weighted by atomic mass is 9.89. The lowest BCUT2D eigenvalue weighted by Gasteiger charge is -2.27. The Morgan fingerprint density at radius 2 is 1.80 bits per heavy atom. The maximum Gasteiger partial charge on any atom is 0.243 e. The van der Waals surface area contributed by atoms with Crippen LogP contribution in [0.15, 0.2) is 4.99 Å². The number of amides is 1. The molecule has 25 heavy (non-hydrogen) atoms. The Kier molecular flexibility index (Phi) is 8.52. The van der Waals surface area contributed by atoms with Crippen molar-refractivity contribution in [2.24, 2.45) is 16.8 Å². The minimum atomic E-state index is 0.0235. The first-order valence-electron chi connectivity index (χ1n) is 9.83. The van der Waals surface area contributed by atoms with E-state index in [0.717, 1.165) is 37.5 Å².